The molecule has 3 aromatic rings. The number of anilines is 1. The van der Waals surface area contributed by atoms with E-state index in [-0.39, 0.29) is 5.91 Å². The molecule has 0 saturated carbocycles. The number of aromatic nitrogens is 2. The molecule has 0 bridgehead atoms. The lowest BCUT2D eigenvalue weighted by Crippen LogP contribution is -2.15. The van der Waals surface area contributed by atoms with E-state index in [0.717, 1.165) is 5.69 Å². The number of carbonyl (C=O) groups excluding carboxylic acids is 2. The number of benzene rings is 2. The molecular weight excluding hydrogens is 332 g/mol. The normalized spacial score (nSPS) is 10.7. The molecule has 0 saturated heterocycles. The number of hydroxylamine groups is 1. The van der Waals surface area contributed by atoms with Gasteiger partial charge < -0.3 is 9.88 Å². The Bertz CT molecular complexity index is 932. The van der Waals surface area contributed by atoms with Crippen LogP contribution in [0.2, 0.25) is 0 Å². The molecular formula is C19H16N4O3. The predicted octanol–water partition coefficient (Wildman–Crippen LogP) is 2.64. The first-order valence-electron chi connectivity index (χ1n) is 7.78. The zero-order chi connectivity index (χ0) is 18.4. The fourth-order valence-electron chi connectivity index (χ4n) is 2.35. The van der Waals surface area contributed by atoms with Gasteiger partial charge in [-0.3, -0.25) is 14.8 Å². The topological polar surface area (TPSA) is 96.2 Å². The summed E-state index contributed by atoms with van der Waals surface area (Å²) in [5.74, 6) is -0.920. The molecule has 0 aliphatic rings. The molecule has 2 aromatic carbocycles. The molecule has 7 nitrogen and oxygen atoms in total. The van der Waals surface area contributed by atoms with Crippen molar-refractivity contribution in [3.8, 4) is 5.69 Å². The first-order valence-corrected chi connectivity index (χ1v) is 7.78. The number of nitrogens with zero attached hydrogens (tertiary/aromatic N) is 2. The summed E-state index contributed by atoms with van der Waals surface area (Å²) < 4.78 is 1.84. The Kier molecular flexibility index (Phi) is 5.21. The van der Waals surface area contributed by atoms with Crippen molar-refractivity contribution in [3.63, 3.8) is 0 Å². The van der Waals surface area contributed by atoms with Crippen LogP contribution in [0.1, 0.15) is 15.9 Å². The molecule has 0 unspecified atom stereocenters. The summed E-state index contributed by atoms with van der Waals surface area (Å²) in [5, 5.41) is 11.4. The van der Waals surface area contributed by atoms with Crippen molar-refractivity contribution in [1.29, 1.82) is 0 Å². The second-order valence-electron chi connectivity index (χ2n) is 5.37. The molecule has 3 rings (SSSR count). The van der Waals surface area contributed by atoms with E-state index in [0.29, 0.717) is 16.8 Å². The van der Waals surface area contributed by atoms with E-state index < -0.39 is 5.91 Å². The van der Waals surface area contributed by atoms with Gasteiger partial charge in [0.25, 0.3) is 11.8 Å². The number of nitrogens with one attached hydrogen (secondary N) is 2. The Morgan fingerprint density at radius 3 is 2.54 bits per heavy atom. The van der Waals surface area contributed by atoms with Crippen LogP contribution in [0.4, 0.5) is 5.69 Å². The minimum Gasteiger partial charge on any atom is -0.321 e. The van der Waals surface area contributed by atoms with Crippen molar-refractivity contribution in [2.45, 2.75) is 0 Å². The first kappa shape index (κ1) is 17.1. The molecule has 130 valence electrons. The van der Waals surface area contributed by atoms with Gasteiger partial charge in [0.05, 0.1) is 6.33 Å². The third kappa shape index (κ3) is 4.03. The van der Waals surface area contributed by atoms with Crippen molar-refractivity contribution >= 4 is 23.6 Å². The van der Waals surface area contributed by atoms with E-state index in [9.17, 15) is 9.59 Å². The van der Waals surface area contributed by atoms with Crippen LogP contribution in [-0.4, -0.2) is 26.6 Å². The highest BCUT2D eigenvalue weighted by atomic mass is 16.5. The molecule has 0 radical (unpaired) electrons. The van der Waals surface area contributed by atoms with Crippen molar-refractivity contribution in [2.75, 3.05) is 5.32 Å². The monoisotopic (exact) mass is 348 g/mol. The standard InChI is InChI=1S/C19H16N4O3/c24-18(22-26)10-7-14-3-1-2-4-17(14)21-19(25)15-5-8-16(9-6-15)23-12-11-20-13-23/h1-13,26H,(H,21,25)(H,22,24)/b10-7+. The third-order valence-corrected chi connectivity index (χ3v) is 3.67. The highest BCUT2D eigenvalue weighted by Gasteiger charge is 2.08. The van der Waals surface area contributed by atoms with E-state index in [1.165, 1.54) is 17.6 Å². The van der Waals surface area contributed by atoms with Gasteiger partial charge in [0.15, 0.2) is 0 Å². The number of hydrogen-bond donors (Lipinski definition) is 3. The van der Waals surface area contributed by atoms with Gasteiger partial charge >= 0.3 is 0 Å². The Morgan fingerprint density at radius 2 is 1.85 bits per heavy atom. The third-order valence-electron chi connectivity index (χ3n) is 3.67. The van der Waals surface area contributed by atoms with Gasteiger partial charge in [-0.05, 0) is 42.0 Å². The maximum absolute atomic E-state index is 12.5. The summed E-state index contributed by atoms with van der Waals surface area (Å²) in [6.07, 6.45) is 7.86. The van der Waals surface area contributed by atoms with Crippen LogP contribution in [0, 0.1) is 0 Å². The van der Waals surface area contributed by atoms with Crippen molar-refractivity contribution in [2.24, 2.45) is 0 Å². The van der Waals surface area contributed by atoms with Gasteiger partial charge in [0, 0.05) is 35.4 Å². The average Bonchev–Trinajstić information content (AvgIpc) is 3.22. The molecule has 3 N–H and O–H groups in total. The first-order chi connectivity index (χ1) is 12.7. The Morgan fingerprint density at radius 1 is 1.08 bits per heavy atom. The highest BCUT2D eigenvalue weighted by molar-refractivity contribution is 6.05. The molecule has 7 heteroatoms. The maximum Gasteiger partial charge on any atom is 0.267 e. The van der Waals surface area contributed by atoms with E-state index in [4.69, 9.17) is 5.21 Å². The Labute approximate surface area is 149 Å². The lowest BCUT2D eigenvalue weighted by Gasteiger charge is -2.09. The van der Waals surface area contributed by atoms with Gasteiger partial charge in [-0.15, -0.1) is 0 Å². The van der Waals surface area contributed by atoms with E-state index in [1.807, 2.05) is 22.9 Å². The molecule has 0 aliphatic heterocycles. The van der Waals surface area contributed by atoms with Crippen molar-refractivity contribution < 1.29 is 14.8 Å². The quantitative estimate of drug-likeness (QED) is 0.375. The predicted molar refractivity (Wildman–Crippen MR) is 96.9 cm³/mol. The fourth-order valence-corrected chi connectivity index (χ4v) is 2.35. The number of rotatable bonds is 5. The van der Waals surface area contributed by atoms with Gasteiger partial charge in [-0.25, -0.2) is 10.5 Å². The SMILES string of the molecule is O=C(/C=C/c1ccccc1NC(=O)c1ccc(-n2ccnc2)cc1)NO. The molecule has 26 heavy (non-hydrogen) atoms. The van der Waals surface area contributed by atoms with Crippen LogP contribution < -0.4 is 10.8 Å². The summed E-state index contributed by atoms with van der Waals surface area (Å²) >= 11 is 0. The molecule has 1 heterocycles. The lowest BCUT2D eigenvalue weighted by molar-refractivity contribution is -0.124. The molecule has 2 amide bonds. The molecule has 1 aromatic heterocycles. The zero-order valence-corrected chi connectivity index (χ0v) is 13.7. The average molecular weight is 348 g/mol. The molecule has 0 spiro atoms. The van der Waals surface area contributed by atoms with Gasteiger partial charge in [0.2, 0.25) is 0 Å². The van der Waals surface area contributed by atoms with Crippen LogP contribution in [0.3, 0.4) is 0 Å². The number of imidazole rings is 1. The summed E-state index contributed by atoms with van der Waals surface area (Å²) in [4.78, 5) is 27.6. The summed E-state index contributed by atoms with van der Waals surface area (Å²) in [6, 6.07) is 14.1. The number of amides is 2. The van der Waals surface area contributed by atoms with Gasteiger partial charge in [-0.2, -0.15) is 0 Å². The minimum absolute atomic E-state index is 0.269. The minimum atomic E-state index is -0.652. The van der Waals surface area contributed by atoms with Gasteiger partial charge in [-0.1, -0.05) is 18.2 Å². The molecule has 0 aliphatic carbocycles. The van der Waals surface area contributed by atoms with Crippen LogP contribution in [0.15, 0.2) is 73.3 Å². The highest BCUT2D eigenvalue weighted by Crippen LogP contribution is 2.18. The lowest BCUT2D eigenvalue weighted by atomic mass is 10.1. The Hall–Kier alpha value is -3.71. The molecule has 0 atom stereocenters. The summed E-state index contributed by atoms with van der Waals surface area (Å²) in [7, 11) is 0. The van der Waals surface area contributed by atoms with Crippen LogP contribution >= 0.6 is 0 Å². The Balaban J connectivity index is 1.76. The van der Waals surface area contributed by atoms with Crippen molar-refractivity contribution in [1.82, 2.24) is 15.0 Å². The summed E-state index contributed by atoms with van der Waals surface area (Å²) in [6.45, 7) is 0. The van der Waals surface area contributed by atoms with E-state index in [2.05, 4.69) is 10.3 Å². The van der Waals surface area contributed by atoms with Gasteiger partial charge in [0.1, 0.15) is 0 Å². The number of carbonyl (C=O) groups is 2. The van der Waals surface area contributed by atoms with E-state index >= 15 is 0 Å². The zero-order valence-electron chi connectivity index (χ0n) is 13.7. The second-order valence-corrected chi connectivity index (χ2v) is 5.37. The van der Waals surface area contributed by atoms with Crippen LogP contribution in [-0.2, 0) is 4.79 Å². The fraction of sp³-hybridized carbons (Fsp3) is 0. The van der Waals surface area contributed by atoms with Crippen molar-refractivity contribution in [3.05, 3.63) is 84.5 Å². The smallest absolute Gasteiger partial charge is 0.267 e. The maximum atomic E-state index is 12.5. The second kappa shape index (κ2) is 7.91. The van der Waals surface area contributed by atoms with E-state index in [1.54, 1.807) is 48.9 Å². The van der Waals surface area contributed by atoms with Crippen LogP contribution in [0.5, 0.6) is 0 Å². The van der Waals surface area contributed by atoms with Crippen LogP contribution in [0.25, 0.3) is 11.8 Å². The molecule has 0 fully saturated rings. The number of hydrogen-bond acceptors (Lipinski definition) is 4. The number of para-hydroxylation sites is 1. The summed E-state index contributed by atoms with van der Waals surface area (Å²) in [5.41, 5.74) is 4.11. The largest absolute Gasteiger partial charge is 0.321 e.